The van der Waals surface area contributed by atoms with Crippen LogP contribution in [0.5, 0.6) is 5.75 Å². The molecule has 1 fully saturated rings. The number of anilines is 1. The number of amides is 1. The van der Waals surface area contributed by atoms with Gasteiger partial charge < -0.3 is 15.0 Å². The first-order valence-electron chi connectivity index (χ1n) is 11.6. The van der Waals surface area contributed by atoms with E-state index < -0.39 is 18.3 Å². The molecule has 1 N–H and O–H groups in total. The van der Waals surface area contributed by atoms with E-state index in [2.05, 4.69) is 15.4 Å². The minimum absolute atomic E-state index is 0.0787. The highest BCUT2D eigenvalue weighted by atomic mass is 19.4. The highest BCUT2D eigenvalue weighted by molar-refractivity contribution is 5.99. The van der Waals surface area contributed by atoms with E-state index in [1.165, 1.54) is 13.3 Å². The van der Waals surface area contributed by atoms with Crippen molar-refractivity contribution in [2.45, 2.75) is 50.0 Å². The average molecular weight is 486 g/mol. The fourth-order valence-corrected chi connectivity index (χ4v) is 5.13. The molecule has 10 heteroatoms. The monoisotopic (exact) mass is 485 g/mol. The van der Waals surface area contributed by atoms with E-state index in [-0.39, 0.29) is 29.8 Å². The van der Waals surface area contributed by atoms with Crippen molar-refractivity contribution < 1.29 is 22.7 Å². The van der Waals surface area contributed by atoms with Gasteiger partial charge in [-0.1, -0.05) is 24.3 Å². The number of halogens is 3. The highest BCUT2D eigenvalue weighted by Crippen LogP contribution is 2.46. The lowest BCUT2D eigenvalue weighted by Gasteiger charge is -2.37. The fourth-order valence-electron chi connectivity index (χ4n) is 5.13. The van der Waals surface area contributed by atoms with Gasteiger partial charge in [0.1, 0.15) is 17.1 Å². The number of alkyl halides is 3. The Balaban J connectivity index is 1.53. The molecule has 2 aliphatic rings. The molecule has 0 radical (unpaired) electrons. The molecule has 0 saturated carbocycles. The summed E-state index contributed by atoms with van der Waals surface area (Å²) >= 11 is 0. The third-order valence-electron chi connectivity index (χ3n) is 6.82. The number of nitrogens with one attached hydrogen (secondary N) is 1. The van der Waals surface area contributed by atoms with Crippen LogP contribution in [0.25, 0.3) is 0 Å². The molecule has 2 aromatic heterocycles. The summed E-state index contributed by atoms with van der Waals surface area (Å²) in [6, 6.07) is 7.95. The molecule has 1 aromatic carbocycles. The zero-order valence-corrected chi connectivity index (χ0v) is 19.2. The number of piperidine rings is 1. The van der Waals surface area contributed by atoms with Crippen LogP contribution in [0.15, 0.2) is 55.0 Å². The van der Waals surface area contributed by atoms with Crippen LogP contribution in [0.1, 0.15) is 65.3 Å². The van der Waals surface area contributed by atoms with Crippen LogP contribution in [-0.2, 0) is 0 Å². The van der Waals surface area contributed by atoms with Gasteiger partial charge in [0.05, 0.1) is 25.4 Å². The van der Waals surface area contributed by atoms with E-state index >= 15 is 0 Å². The number of carbonyl (C=O) groups excluding carboxylic acids is 1. The predicted octanol–water partition coefficient (Wildman–Crippen LogP) is 5.31. The van der Waals surface area contributed by atoms with E-state index in [1.54, 1.807) is 41.6 Å². The zero-order chi connectivity index (χ0) is 24.6. The second kappa shape index (κ2) is 9.24. The van der Waals surface area contributed by atoms with Gasteiger partial charge in [0, 0.05) is 30.9 Å². The van der Waals surface area contributed by atoms with Crippen molar-refractivity contribution in [3.8, 4) is 5.75 Å². The number of nitrogens with zero attached hydrogens (tertiary/aromatic N) is 4. The maximum Gasteiger partial charge on any atom is 0.410 e. The number of methoxy groups -OCH3 is 1. The number of likely N-dealkylation sites (tertiary alicyclic amines) is 1. The molecule has 3 aromatic rings. The largest absolute Gasteiger partial charge is 0.496 e. The van der Waals surface area contributed by atoms with Crippen LogP contribution in [0, 0.1) is 0 Å². The Hall–Kier alpha value is -3.56. The predicted molar refractivity (Wildman–Crippen MR) is 123 cm³/mol. The molecule has 35 heavy (non-hydrogen) atoms. The van der Waals surface area contributed by atoms with Crippen molar-refractivity contribution in [2.75, 3.05) is 19.0 Å². The number of hydrogen-bond acceptors (Lipinski definition) is 5. The average Bonchev–Trinajstić information content (AvgIpc) is 3.31. The van der Waals surface area contributed by atoms with E-state index in [0.29, 0.717) is 17.9 Å². The summed E-state index contributed by atoms with van der Waals surface area (Å²) in [4.78, 5) is 19.7. The fraction of sp³-hybridized carbons (Fsp3) is 0.400. The number of para-hydroxylation sites is 1. The minimum atomic E-state index is -4.53. The van der Waals surface area contributed by atoms with Crippen molar-refractivity contribution in [1.29, 1.82) is 0 Å². The zero-order valence-electron chi connectivity index (χ0n) is 19.2. The van der Waals surface area contributed by atoms with Gasteiger partial charge in [0.15, 0.2) is 6.04 Å². The Bertz CT molecular complexity index is 1200. The summed E-state index contributed by atoms with van der Waals surface area (Å²) in [6.45, 7) is 0.516. The number of fused-ring (bicyclic) bond motifs is 1. The minimum Gasteiger partial charge on any atom is -0.496 e. The SMILES string of the molecule is COc1ccccc1[C@@H]1C[C@H](C(F)(F)F)n2ncc(C(=O)N3CCCC[C@@H]3c3cccnc3)c2N1. The van der Waals surface area contributed by atoms with Crippen molar-refractivity contribution in [3.05, 3.63) is 71.7 Å². The van der Waals surface area contributed by atoms with Crippen molar-refractivity contribution in [1.82, 2.24) is 19.7 Å². The van der Waals surface area contributed by atoms with Gasteiger partial charge >= 0.3 is 6.18 Å². The van der Waals surface area contributed by atoms with Gasteiger partial charge in [-0.15, -0.1) is 0 Å². The lowest BCUT2D eigenvalue weighted by Crippen LogP contribution is -2.40. The first-order valence-corrected chi connectivity index (χ1v) is 11.6. The highest BCUT2D eigenvalue weighted by Gasteiger charge is 2.48. The molecule has 1 amide bonds. The standard InChI is InChI=1S/C25H26F3N5O2/c1-35-21-10-3-2-8-17(21)19-13-22(25(26,27)28)33-23(31-19)18(15-30-33)24(34)32-12-5-4-9-20(32)16-7-6-11-29-14-16/h2-3,6-8,10-11,14-15,19-20,22,31H,4-5,9,12-13H2,1H3/t19-,20+,22+/m0/s1. The van der Waals surface area contributed by atoms with E-state index in [4.69, 9.17) is 4.74 Å². The van der Waals surface area contributed by atoms with Crippen LogP contribution >= 0.6 is 0 Å². The maximum atomic E-state index is 14.1. The number of carbonyl (C=O) groups is 1. The second-order valence-electron chi connectivity index (χ2n) is 8.88. The molecule has 0 aliphatic carbocycles. The number of benzene rings is 1. The number of hydrogen-bond donors (Lipinski definition) is 1. The Morgan fingerprint density at radius 1 is 1.14 bits per heavy atom. The molecule has 7 nitrogen and oxygen atoms in total. The summed E-state index contributed by atoms with van der Waals surface area (Å²) in [5, 5.41) is 7.21. The van der Waals surface area contributed by atoms with Gasteiger partial charge in [0.25, 0.3) is 5.91 Å². The summed E-state index contributed by atoms with van der Waals surface area (Å²) in [6.07, 6.45) is 2.41. The lowest BCUT2D eigenvalue weighted by molar-refractivity contribution is -0.173. The van der Waals surface area contributed by atoms with Gasteiger partial charge in [0.2, 0.25) is 0 Å². The molecule has 0 bridgehead atoms. The molecule has 3 atom stereocenters. The molecule has 5 rings (SSSR count). The first kappa shape index (κ1) is 23.2. The number of pyridine rings is 1. The Kier molecular flexibility index (Phi) is 6.12. The molecule has 0 spiro atoms. The molecule has 184 valence electrons. The van der Waals surface area contributed by atoms with Gasteiger partial charge in [-0.05, 0) is 37.0 Å². The smallest absolute Gasteiger partial charge is 0.410 e. The van der Waals surface area contributed by atoms with Crippen LogP contribution in [0.4, 0.5) is 19.0 Å². The molecule has 1 saturated heterocycles. The van der Waals surface area contributed by atoms with Gasteiger partial charge in [-0.2, -0.15) is 18.3 Å². The van der Waals surface area contributed by atoms with E-state index in [0.717, 1.165) is 29.5 Å². The normalized spacial score (nSPS) is 22.3. The Morgan fingerprint density at radius 2 is 1.97 bits per heavy atom. The quantitative estimate of drug-likeness (QED) is 0.542. The molecule has 4 heterocycles. The van der Waals surface area contributed by atoms with Gasteiger partial charge in [-0.3, -0.25) is 9.78 Å². The summed E-state index contributed by atoms with van der Waals surface area (Å²) in [5.74, 6) is 0.225. The molecule has 2 aliphatic heterocycles. The van der Waals surface area contributed by atoms with Crippen LogP contribution in [0.2, 0.25) is 0 Å². The lowest BCUT2D eigenvalue weighted by atomic mass is 9.94. The first-order chi connectivity index (χ1) is 16.9. The van der Waals surface area contributed by atoms with Gasteiger partial charge in [-0.25, -0.2) is 4.68 Å². The number of rotatable bonds is 4. The van der Waals surface area contributed by atoms with Crippen molar-refractivity contribution >= 4 is 11.7 Å². The van der Waals surface area contributed by atoms with E-state index in [1.807, 2.05) is 12.1 Å². The Morgan fingerprint density at radius 3 is 2.71 bits per heavy atom. The van der Waals surface area contributed by atoms with E-state index in [9.17, 15) is 18.0 Å². The van der Waals surface area contributed by atoms with Crippen molar-refractivity contribution in [3.63, 3.8) is 0 Å². The summed E-state index contributed by atoms with van der Waals surface area (Å²) < 4.78 is 48.7. The van der Waals surface area contributed by atoms with Crippen LogP contribution in [-0.4, -0.2) is 45.4 Å². The summed E-state index contributed by atoms with van der Waals surface area (Å²) in [7, 11) is 1.48. The number of ether oxygens (including phenoxy) is 1. The Labute approximate surface area is 200 Å². The molecular formula is C25H26F3N5O2. The summed E-state index contributed by atoms with van der Waals surface area (Å²) in [5.41, 5.74) is 1.64. The second-order valence-corrected chi connectivity index (χ2v) is 8.88. The van der Waals surface area contributed by atoms with Crippen LogP contribution in [0.3, 0.4) is 0 Å². The maximum absolute atomic E-state index is 14.1. The van der Waals surface area contributed by atoms with Crippen LogP contribution < -0.4 is 10.1 Å². The third-order valence-corrected chi connectivity index (χ3v) is 6.82. The molecular weight excluding hydrogens is 459 g/mol. The topological polar surface area (TPSA) is 72.3 Å². The van der Waals surface area contributed by atoms with Crippen molar-refractivity contribution in [2.24, 2.45) is 0 Å². The number of aromatic nitrogens is 3. The third kappa shape index (κ3) is 4.33. The molecule has 0 unspecified atom stereocenters.